The maximum atomic E-state index is 13.3. The maximum absolute atomic E-state index is 13.3. The summed E-state index contributed by atoms with van der Waals surface area (Å²) < 4.78 is 11.3. The summed E-state index contributed by atoms with van der Waals surface area (Å²) in [4.78, 5) is 13.3. The maximum Gasteiger partial charge on any atom is 0.280 e. The third-order valence-corrected chi connectivity index (χ3v) is 5.05. The minimum atomic E-state index is -0.137. The first kappa shape index (κ1) is 18.2. The Morgan fingerprint density at radius 3 is 2.33 bits per heavy atom. The highest BCUT2D eigenvalue weighted by Crippen LogP contribution is 2.32. The fourth-order valence-electron chi connectivity index (χ4n) is 3.58. The van der Waals surface area contributed by atoms with Crippen molar-refractivity contribution in [2.45, 2.75) is 6.42 Å². The van der Waals surface area contributed by atoms with Gasteiger partial charge in [-0.1, -0.05) is 54.6 Å². The quantitative estimate of drug-likeness (QED) is 0.611. The lowest BCUT2D eigenvalue weighted by Gasteiger charge is -2.18. The zero-order valence-electron chi connectivity index (χ0n) is 16.3. The highest BCUT2D eigenvalue weighted by Gasteiger charge is 2.31. The van der Waals surface area contributed by atoms with E-state index in [4.69, 9.17) is 9.47 Å². The predicted octanol–water partition coefficient (Wildman–Crippen LogP) is 4.49. The van der Waals surface area contributed by atoms with Gasteiger partial charge in [0, 0.05) is 6.42 Å². The second-order valence-electron chi connectivity index (χ2n) is 7.12. The van der Waals surface area contributed by atoms with Crippen LogP contribution >= 0.6 is 0 Å². The number of hydrazone groups is 1. The van der Waals surface area contributed by atoms with Gasteiger partial charge in [-0.2, -0.15) is 10.1 Å². The molecule has 0 saturated carbocycles. The van der Waals surface area contributed by atoms with Crippen molar-refractivity contribution in [3.05, 3.63) is 95.6 Å². The molecular weight excluding hydrogens is 376 g/mol. The van der Waals surface area contributed by atoms with Crippen LogP contribution in [0.3, 0.4) is 0 Å². The van der Waals surface area contributed by atoms with Crippen molar-refractivity contribution >= 4 is 23.4 Å². The van der Waals surface area contributed by atoms with Crippen molar-refractivity contribution in [2.24, 2.45) is 5.10 Å². The molecule has 3 aromatic rings. The van der Waals surface area contributed by atoms with Crippen LogP contribution in [-0.2, 0) is 11.2 Å². The van der Waals surface area contributed by atoms with Crippen LogP contribution in [-0.4, -0.2) is 24.8 Å². The zero-order chi connectivity index (χ0) is 20.3. The molecule has 5 heteroatoms. The van der Waals surface area contributed by atoms with Crippen molar-refractivity contribution in [1.29, 1.82) is 0 Å². The van der Waals surface area contributed by atoms with Gasteiger partial charge in [0.1, 0.15) is 13.2 Å². The van der Waals surface area contributed by atoms with Crippen molar-refractivity contribution in [3.8, 4) is 11.5 Å². The number of hydrogen-bond acceptors (Lipinski definition) is 4. The lowest BCUT2D eigenvalue weighted by atomic mass is 10.00. The zero-order valence-corrected chi connectivity index (χ0v) is 16.3. The third kappa shape index (κ3) is 3.57. The lowest BCUT2D eigenvalue weighted by Crippen LogP contribution is -2.21. The Bertz CT molecular complexity index is 1140. The number of fused-ring (bicyclic) bond motifs is 1. The topological polar surface area (TPSA) is 51.1 Å². The summed E-state index contributed by atoms with van der Waals surface area (Å²) in [5.74, 6) is 1.29. The monoisotopic (exact) mass is 396 g/mol. The molecule has 1 amide bonds. The fourth-order valence-corrected chi connectivity index (χ4v) is 3.58. The van der Waals surface area contributed by atoms with Gasteiger partial charge in [-0.3, -0.25) is 4.79 Å². The Hall–Kier alpha value is -3.86. The molecule has 0 spiro atoms. The molecule has 2 aliphatic heterocycles. The third-order valence-electron chi connectivity index (χ3n) is 5.05. The molecule has 0 bridgehead atoms. The van der Waals surface area contributed by atoms with E-state index in [0.717, 1.165) is 28.3 Å². The molecule has 0 unspecified atom stereocenters. The summed E-state index contributed by atoms with van der Waals surface area (Å²) in [5.41, 5.74) is 4.05. The molecule has 0 aliphatic carbocycles. The summed E-state index contributed by atoms with van der Waals surface area (Å²) in [6.45, 7) is 1.07. The van der Waals surface area contributed by atoms with Gasteiger partial charge in [-0.15, -0.1) is 0 Å². The number of carbonyl (C=O) groups excluding carboxylic acids is 1. The fraction of sp³-hybridized carbons (Fsp3) is 0.120. The van der Waals surface area contributed by atoms with Crippen LogP contribution in [0.2, 0.25) is 0 Å². The van der Waals surface area contributed by atoms with E-state index < -0.39 is 0 Å². The molecule has 0 N–H and O–H groups in total. The molecule has 2 aliphatic rings. The van der Waals surface area contributed by atoms with Gasteiger partial charge in [0.2, 0.25) is 0 Å². The molecule has 30 heavy (non-hydrogen) atoms. The number of benzene rings is 3. The Morgan fingerprint density at radius 1 is 0.867 bits per heavy atom. The molecule has 0 saturated heterocycles. The number of amides is 1. The van der Waals surface area contributed by atoms with Gasteiger partial charge in [0.15, 0.2) is 11.5 Å². The first-order valence-electron chi connectivity index (χ1n) is 9.90. The van der Waals surface area contributed by atoms with Crippen LogP contribution in [0, 0.1) is 0 Å². The number of carbonyl (C=O) groups is 1. The largest absolute Gasteiger partial charge is 0.486 e. The van der Waals surface area contributed by atoms with Crippen molar-refractivity contribution in [3.63, 3.8) is 0 Å². The van der Waals surface area contributed by atoms with Crippen molar-refractivity contribution in [2.75, 3.05) is 18.2 Å². The van der Waals surface area contributed by atoms with E-state index in [2.05, 4.69) is 5.10 Å². The van der Waals surface area contributed by atoms with E-state index in [9.17, 15) is 4.79 Å². The summed E-state index contributed by atoms with van der Waals surface area (Å²) in [6, 6.07) is 25.2. The van der Waals surface area contributed by atoms with Gasteiger partial charge in [-0.05, 0) is 41.5 Å². The molecule has 0 aromatic heterocycles. The van der Waals surface area contributed by atoms with E-state index in [1.807, 2.05) is 84.9 Å². The van der Waals surface area contributed by atoms with E-state index in [0.29, 0.717) is 31.0 Å². The second-order valence-corrected chi connectivity index (χ2v) is 7.12. The van der Waals surface area contributed by atoms with Gasteiger partial charge in [-0.25, -0.2) is 0 Å². The lowest BCUT2D eigenvalue weighted by molar-refractivity contribution is -0.114. The summed E-state index contributed by atoms with van der Waals surface area (Å²) >= 11 is 0. The van der Waals surface area contributed by atoms with E-state index in [-0.39, 0.29) is 5.91 Å². The summed E-state index contributed by atoms with van der Waals surface area (Å²) in [6.07, 6.45) is 2.46. The van der Waals surface area contributed by atoms with Crippen LogP contribution < -0.4 is 14.5 Å². The number of nitrogens with zero attached hydrogens (tertiary/aromatic N) is 2. The predicted molar refractivity (Wildman–Crippen MR) is 117 cm³/mol. The molecule has 3 aromatic carbocycles. The van der Waals surface area contributed by atoms with E-state index in [1.165, 1.54) is 5.01 Å². The van der Waals surface area contributed by atoms with Crippen LogP contribution in [0.25, 0.3) is 6.08 Å². The van der Waals surface area contributed by atoms with Gasteiger partial charge >= 0.3 is 0 Å². The number of para-hydroxylation sites is 1. The molecule has 0 atom stereocenters. The minimum Gasteiger partial charge on any atom is -0.486 e. The molecule has 0 fully saturated rings. The van der Waals surface area contributed by atoms with Crippen LogP contribution in [0.1, 0.15) is 11.1 Å². The molecule has 0 radical (unpaired) electrons. The SMILES string of the molecule is O=C1/C(=C\c2ccc3c(c2)OCCO3)C(Cc2ccccc2)=NN1c1ccccc1. The smallest absolute Gasteiger partial charge is 0.280 e. The van der Waals surface area contributed by atoms with Gasteiger partial charge in [0.25, 0.3) is 5.91 Å². The molecule has 148 valence electrons. The Labute approximate surface area is 174 Å². The van der Waals surface area contributed by atoms with E-state index >= 15 is 0 Å². The van der Waals surface area contributed by atoms with Crippen LogP contribution in [0.5, 0.6) is 11.5 Å². The Balaban J connectivity index is 1.53. The Kier molecular flexibility index (Phi) is 4.77. The summed E-state index contributed by atoms with van der Waals surface area (Å²) in [5, 5.41) is 6.15. The normalized spacial score (nSPS) is 16.7. The number of anilines is 1. The Morgan fingerprint density at radius 2 is 1.57 bits per heavy atom. The van der Waals surface area contributed by atoms with Crippen LogP contribution in [0.4, 0.5) is 5.69 Å². The minimum absolute atomic E-state index is 0.137. The van der Waals surface area contributed by atoms with Gasteiger partial charge in [0.05, 0.1) is 17.0 Å². The highest BCUT2D eigenvalue weighted by atomic mass is 16.6. The average molecular weight is 396 g/mol. The number of hydrogen-bond donors (Lipinski definition) is 0. The summed E-state index contributed by atoms with van der Waals surface area (Å²) in [7, 11) is 0. The molecule has 5 nitrogen and oxygen atoms in total. The first-order valence-corrected chi connectivity index (χ1v) is 9.90. The highest BCUT2D eigenvalue weighted by molar-refractivity contribution is 6.33. The average Bonchev–Trinajstić information content (AvgIpc) is 3.10. The van der Waals surface area contributed by atoms with E-state index in [1.54, 1.807) is 0 Å². The first-order chi connectivity index (χ1) is 14.8. The molecule has 2 heterocycles. The number of rotatable bonds is 4. The van der Waals surface area contributed by atoms with Crippen molar-refractivity contribution < 1.29 is 14.3 Å². The van der Waals surface area contributed by atoms with Crippen molar-refractivity contribution in [1.82, 2.24) is 0 Å². The molecule has 5 rings (SSSR count). The van der Waals surface area contributed by atoms with Gasteiger partial charge < -0.3 is 9.47 Å². The standard InChI is InChI=1S/C25H20N2O3/c28-25-21(15-19-11-12-23-24(17-19)30-14-13-29-23)22(16-18-7-3-1-4-8-18)26-27(25)20-9-5-2-6-10-20/h1-12,15,17H,13-14,16H2/b21-15-. The number of ether oxygens (including phenoxy) is 2. The second kappa shape index (κ2) is 7.87. The molecular formula is C25H20N2O3. The van der Waals surface area contributed by atoms with Crippen LogP contribution in [0.15, 0.2) is 89.5 Å².